The summed E-state index contributed by atoms with van der Waals surface area (Å²) in [6.45, 7) is 0. The lowest BCUT2D eigenvalue weighted by atomic mass is 10.1. The number of benzene rings is 3. The number of hydrogen-bond acceptors (Lipinski definition) is 2. The summed E-state index contributed by atoms with van der Waals surface area (Å²) in [6.07, 6.45) is 1.94. The molecule has 0 spiro atoms. The summed E-state index contributed by atoms with van der Waals surface area (Å²) >= 11 is 7.81. The van der Waals surface area contributed by atoms with Crippen LogP contribution in [0.25, 0.3) is 16.9 Å². The highest BCUT2D eigenvalue weighted by atomic mass is 35.5. The molecule has 0 saturated carbocycles. The summed E-state index contributed by atoms with van der Waals surface area (Å²) in [5.74, 6) is 0.875. The predicted octanol–water partition coefficient (Wildman–Crippen LogP) is 6.49. The van der Waals surface area contributed by atoms with Gasteiger partial charge in [-0.1, -0.05) is 84.0 Å². The molecular weight excluding hydrogens is 360 g/mol. The lowest BCUT2D eigenvalue weighted by Crippen LogP contribution is -1.99. The molecule has 4 aromatic rings. The third-order valence-electron chi connectivity index (χ3n) is 4.09. The minimum atomic E-state index is 0.730. The van der Waals surface area contributed by atoms with Crippen LogP contribution in [0.4, 0.5) is 0 Å². The topological polar surface area (TPSA) is 17.8 Å². The second-order valence-corrected chi connectivity index (χ2v) is 7.26. The van der Waals surface area contributed by atoms with Gasteiger partial charge in [-0.2, -0.15) is 0 Å². The lowest BCUT2D eigenvalue weighted by molar-refractivity contribution is 0.900. The lowest BCUT2D eigenvalue weighted by Gasteiger charge is -2.12. The first-order valence-corrected chi connectivity index (χ1v) is 9.73. The molecule has 0 N–H and O–H groups in total. The van der Waals surface area contributed by atoms with Crippen molar-refractivity contribution in [3.8, 4) is 16.9 Å². The van der Waals surface area contributed by atoms with Crippen LogP contribution in [0.2, 0.25) is 5.02 Å². The van der Waals surface area contributed by atoms with Crippen molar-refractivity contribution in [1.82, 2.24) is 9.55 Å². The van der Waals surface area contributed by atoms with E-state index in [9.17, 15) is 0 Å². The molecule has 0 bridgehead atoms. The van der Waals surface area contributed by atoms with Gasteiger partial charge in [0, 0.05) is 22.0 Å². The van der Waals surface area contributed by atoms with E-state index in [1.54, 1.807) is 11.8 Å². The Kier molecular flexibility index (Phi) is 5.09. The number of halogens is 1. The SMILES string of the molecule is Clc1ccc(-n2c(-c3ccccc3)cnc2SCc2ccccc2)cc1. The molecule has 1 aromatic heterocycles. The Hall–Kier alpha value is -2.49. The Morgan fingerprint density at radius 3 is 2.15 bits per heavy atom. The molecule has 128 valence electrons. The van der Waals surface area contributed by atoms with E-state index >= 15 is 0 Å². The third kappa shape index (κ3) is 3.69. The zero-order valence-corrected chi connectivity index (χ0v) is 15.6. The molecule has 0 aliphatic heterocycles. The van der Waals surface area contributed by atoms with Crippen molar-refractivity contribution in [1.29, 1.82) is 0 Å². The van der Waals surface area contributed by atoms with E-state index in [1.165, 1.54) is 5.56 Å². The fraction of sp³-hybridized carbons (Fsp3) is 0.0455. The van der Waals surface area contributed by atoms with Crippen LogP contribution < -0.4 is 0 Å². The zero-order chi connectivity index (χ0) is 17.8. The quantitative estimate of drug-likeness (QED) is 0.371. The van der Waals surface area contributed by atoms with E-state index in [0.29, 0.717) is 0 Å². The second-order valence-electron chi connectivity index (χ2n) is 5.88. The molecular formula is C22H17ClN2S. The summed E-state index contributed by atoms with van der Waals surface area (Å²) in [6, 6.07) is 28.7. The first-order valence-electron chi connectivity index (χ1n) is 8.37. The summed E-state index contributed by atoms with van der Waals surface area (Å²) in [5.41, 5.74) is 4.55. The Morgan fingerprint density at radius 2 is 1.46 bits per heavy atom. The van der Waals surface area contributed by atoms with Gasteiger partial charge in [-0.3, -0.25) is 4.57 Å². The minimum absolute atomic E-state index is 0.730. The average Bonchev–Trinajstić information content (AvgIpc) is 3.12. The number of imidazole rings is 1. The smallest absolute Gasteiger partial charge is 0.173 e. The van der Waals surface area contributed by atoms with Gasteiger partial charge in [-0.05, 0) is 29.8 Å². The molecule has 2 nitrogen and oxygen atoms in total. The van der Waals surface area contributed by atoms with E-state index in [-0.39, 0.29) is 0 Å². The zero-order valence-electron chi connectivity index (χ0n) is 14.0. The van der Waals surface area contributed by atoms with Gasteiger partial charge in [0.2, 0.25) is 0 Å². The van der Waals surface area contributed by atoms with Crippen LogP contribution in [-0.2, 0) is 5.75 Å². The van der Waals surface area contributed by atoms with Gasteiger partial charge in [0.25, 0.3) is 0 Å². The van der Waals surface area contributed by atoms with Gasteiger partial charge >= 0.3 is 0 Å². The van der Waals surface area contributed by atoms with E-state index in [0.717, 1.165) is 32.9 Å². The van der Waals surface area contributed by atoms with E-state index in [1.807, 2.05) is 54.7 Å². The molecule has 0 amide bonds. The first-order chi connectivity index (χ1) is 12.8. The predicted molar refractivity (Wildman–Crippen MR) is 110 cm³/mol. The summed E-state index contributed by atoms with van der Waals surface area (Å²) in [4.78, 5) is 4.70. The van der Waals surface area contributed by atoms with Crippen molar-refractivity contribution in [2.24, 2.45) is 0 Å². The number of aromatic nitrogens is 2. The number of rotatable bonds is 5. The van der Waals surface area contributed by atoms with E-state index < -0.39 is 0 Å². The third-order valence-corrected chi connectivity index (χ3v) is 5.37. The van der Waals surface area contributed by atoms with Crippen molar-refractivity contribution < 1.29 is 0 Å². The Morgan fingerprint density at radius 1 is 0.808 bits per heavy atom. The summed E-state index contributed by atoms with van der Waals surface area (Å²) in [7, 11) is 0. The summed E-state index contributed by atoms with van der Waals surface area (Å²) in [5, 5.41) is 1.70. The van der Waals surface area contributed by atoms with E-state index in [4.69, 9.17) is 16.6 Å². The largest absolute Gasteiger partial charge is 0.287 e. The standard InChI is InChI=1S/C22H17ClN2S/c23-19-11-13-20(14-12-19)25-21(18-9-5-2-6-10-18)15-24-22(25)26-16-17-7-3-1-4-8-17/h1-15H,16H2. The second kappa shape index (κ2) is 7.81. The van der Waals surface area contributed by atoms with Crippen LogP contribution in [0.15, 0.2) is 96.3 Å². The number of nitrogens with zero attached hydrogens (tertiary/aromatic N) is 2. The van der Waals surface area contributed by atoms with Crippen LogP contribution in [0, 0.1) is 0 Å². The molecule has 0 fully saturated rings. The molecule has 1 heterocycles. The number of hydrogen-bond donors (Lipinski definition) is 0. The van der Waals surface area contributed by atoms with Crippen molar-refractivity contribution in [3.63, 3.8) is 0 Å². The van der Waals surface area contributed by atoms with Crippen molar-refractivity contribution in [2.75, 3.05) is 0 Å². The van der Waals surface area contributed by atoms with Crippen molar-refractivity contribution >= 4 is 23.4 Å². The van der Waals surface area contributed by atoms with Crippen LogP contribution in [-0.4, -0.2) is 9.55 Å². The van der Waals surface area contributed by atoms with Gasteiger partial charge < -0.3 is 0 Å². The van der Waals surface area contributed by atoms with Gasteiger partial charge in [-0.25, -0.2) is 4.98 Å². The molecule has 0 unspecified atom stereocenters. The fourth-order valence-electron chi connectivity index (χ4n) is 2.81. The van der Waals surface area contributed by atoms with Crippen LogP contribution in [0.5, 0.6) is 0 Å². The Bertz CT molecular complexity index is 980. The van der Waals surface area contributed by atoms with Gasteiger partial charge in [0.1, 0.15) is 0 Å². The Labute approximate surface area is 162 Å². The maximum atomic E-state index is 6.08. The molecule has 0 atom stereocenters. The molecule has 0 saturated heterocycles. The van der Waals surface area contributed by atoms with E-state index in [2.05, 4.69) is 41.0 Å². The van der Waals surface area contributed by atoms with Crippen LogP contribution in [0.3, 0.4) is 0 Å². The average molecular weight is 377 g/mol. The summed E-state index contributed by atoms with van der Waals surface area (Å²) < 4.78 is 2.19. The molecule has 3 aromatic carbocycles. The molecule has 0 aliphatic carbocycles. The van der Waals surface area contributed by atoms with Crippen LogP contribution >= 0.6 is 23.4 Å². The highest BCUT2D eigenvalue weighted by molar-refractivity contribution is 7.98. The Balaban J connectivity index is 1.74. The minimum Gasteiger partial charge on any atom is -0.287 e. The maximum Gasteiger partial charge on any atom is 0.173 e. The maximum absolute atomic E-state index is 6.08. The molecule has 26 heavy (non-hydrogen) atoms. The highest BCUT2D eigenvalue weighted by Crippen LogP contribution is 2.31. The molecule has 0 aliphatic rings. The highest BCUT2D eigenvalue weighted by Gasteiger charge is 2.14. The number of thioether (sulfide) groups is 1. The normalized spacial score (nSPS) is 10.8. The van der Waals surface area contributed by atoms with Crippen LogP contribution in [0.1, 0.15) is 5.56 Å². The first kappa shape index (κ1) is 17.0. The molecule has 0 radical (unpaired) electrons. The molecule has 4 heteroatoms. The van der Waals surface area contributed by atoms with Gasteiger partial charge in [0.15, 0.2) is 5.16 Å². The van der Waals surface area contributed by atoms with Gasteiger partial charge in [-0.15, -0.1) is 0 Å². The van der Waals surface area contributed by atoms with Gasteiger partial charge in [0.05, 0.1) is 11.9 Å². The molecule has 4 rings (SSSR count). The fourth-order valence-corrected chi connectivity index (χ4v) is 3.89. The van der Waals surface area contributed by atoms with Crippen molar-refractivity contribution in [2.45, 2.75) is 10.9 Å². The van der Waals surface area contributed by atoms with Crippen molar-refractivity contribution in [3.05, 3.63) is 102 Å². The monoisotopic (exact) mass is 376 g/mol.